The molecular formula is C19H31N4O4PS2. The second-order valence-corrected chi connectivity index (χ2v) is 9.94. The minimum atomic E-state index is -2.77. The van der Waals surface area contributed by atoms with Crippen molar-refractivity contribution >= 4 is 30.7 Å². The van der Waals surface area contributed by atoms with E-state index in [2.05, 4.69) is 26.9 Å². The first-order valence-corrected chi connectivity index (χ1v) is 12.9. The van der Waals surface area contributed by atoms with E-state index in [9.17, 15) is 4.79 Å². The number of hydrogen-bond donors (Lipinski definition) is 2. The molecule has 0 saturated carbocycles. The molecule has 2 heterocycles. The van der Waals surface area contributed by atoms with E-state index in [1.54, 1.807) is 12.1 Å². The average molecular weight is 475 g/mol. The van der Waals surface area contributed by atoms with Crippen molar-refractivity contribution in [3.8, 4) is 5.88 Å². The van der Waals surface area contributed by atoms with Gasteiger partial charge in [0.2, 0.25) is 5.88 Å². The van der Waals surface area contributed by atoms with E-state index in [0.29, 0.717) is 23.9 Å². The standard InChI is InChI=1S/C12H21N2O3PS.C7H10N2OS/c1-6-15-18(19,16-7-2)17-11-8-10(5)13-12(14-11)9(3)4;1-2-3-5-4-6(10)9-7(11)8-5/h8-9H,6-7H2,1-5H3;4H,2-3H2,1H3,(H2,8,9,10,11). The van der Waals surface area contributed by atoms with Crippen LogP contribution in [0.2, 0.25) is 0 Å². The third-order valence-electron chi connectivity index (χ3n) is 3.48. The number of nitrogens with one attached hydrogen (secondary N) is 2. The first-order chi connectivity index (χ1) is 14.1. The lowest BCUT2D eigenvalue weighted by atomic mass is 10.2. The zero-order valence-electron chi connectivity index (χ0n) is 18.4. The number of aromatic nitrogens is 4. The lowest BCUT2D eigenvalue weighted by Crippen LogP contribution is -2.08. The van der Waals surface area contributed by atoms with Crippen LogP contribution in [0.4, 0.5) is 0 Å². The topological polar surface area (TPSA) is 102 Å². The summed E-state index contributed by atoms with van der Waals surface area (Å²) in [7, 11) is 0. The molecule has 0 aliphatic heterocycles. The predicted molar refractivity (Wildman–Crippen MR) is 125 cm³/mol. The predicted octanol–water partition coefficient (Wildman–Crippen LogP) is 4.97. The number of H-pyrrole nitrogens is 2. The van der Waals surface area contributed by atoms with Crippen molar-refractivity contribution in [1.82, 2.24) is 19.9 Å². The molecule has 2 aromatic rings. The highest BCUT2D eigenvalue weighted by Gasteiger charge is 2.22. The highest BCUT2D eigenvalue weighted by molar-refractivity contribution is 8.07. The molecule has 8 nitrogen and oxygen atoms in total. The molecule has 0 unspecified atom stereocenters. The van der Waals surface area contributed by atoms with Gasteiger partial charge in [0.25, 0.3) is 5.56 Å². The zero-order valence-corrected chi connectivity index (χ0v) is 20.9. The van der Waals surface area contributed by atoms with E-state index in [-0.39, 0.29) is 11.5 Å². The Morgan fingerprint density at radius 1 is 1.10 bits per heavy atom. The summed E-state index contributed by atoms with van der Waals surface area (Å²) in [5, 5.41) is 0. The number of rotatable bonds is 9. The lowest BCUT2D eigenvalue weighted by Gasteiger charge is -2.20. The first-order valence-electron chi connectivity index (χ1n) is 9.89. The van der Waals surface area contributed by atoms with Gasteiger partial charge < -0.3 is 9.51 Å². The molecule has 0 amide bonds. The van der Waals surface area contributed by atoms with E-state index < -0.39 is 6.72 Å². The van der Waals surface area contributed by atoms with Crippen molar-refractivity contribution in [2.75, 3.05) is 13.2 Å². The van der Waals surface area contributed by atoms with Crippen molar-refractivity contribution in [2.45, 2.75) is 60.3 Å². The van der Waals surface area contributed by atoms with E-state index in [4.69, 9.17) is 37.6 Å². The highest BCUT2D eigenvalue weighted by atomic mass is 32.5. The maximum atomic E-state index is 10.8. The van der Waals surface area contributed by atoms with Crippen molar-refractivity contribution in [2.24, 2.45) is 0 Å². The summed E-state index contributed by atoms with van der Waals surface area (Å²) < 4.78 is 17.0. The molecular weight excluding hydrogens is 443 g/mol. The van der Waals surface area contributed by atoms with Crippen LogP contribution in [-0.2, 0) is 27.3 Å². The highest BCUT2D eigenvalue weighted by Crippen LogP contribution is 2.49. The molecule has 168 valence electrons. The SMILES string of the molecule is CCCc1cc(=O)[nH]c(=S)[nH]1.CCOP(=S)(OCC)Oc1cc(C)nc(C(C)C)n1. The molecule has 2 N–H and O–H groups in total. The molecule has 0 spiro atoms. The average Bonchev–Trinajstić information content (AvgIpc) is 2.61. The molecule has 0 fully saturated rings. The fourth-order valence-corrected chi connectivity index (χ4v) is 4.54. The van der Waals surface area contributed by atoms with E-state index >= 15 is 0 Å². The quantitative estimate of drug-likeness (QED) is 0.388. The molecule has 0 radical (unpaired) electrons. The maximum absolute atomic E-state index is 10.8. The number of aryl methyl sites for hydroxylation is 2. The molecule has 0 atom stereocenters. The number of aromatic amines is 2. The second-order valence-electron chi connectivity index (χ2n) is 6.60. The molecule has 0 aliphatic carbocycles. The summed E-state index contributed by atoms with van der Waals surface area (Å²) in [4.78, 5) is 24.9. The van der Waals surface area contributed by atoms with Gasteiger partial charge in [0.15, 0.2) is 4.77 Å². The zero-order chi connectivity index (χ0) is 22.7. The van der Waals surface area contributed by atoms with Gasteiger partial charge in [-0.25, -0.2) is 4.98 Å². The summed E-state index contributed by atoms with van der Waals surface area (Å²) in [5.74, 6) is 1.37. The van der Waals surface area contributed by atoms with Gasteiger partial charge in [0, 0.05) is 41.2 Å². The third kappa shape index (κ3) is 9.57. The fraction of sp³-hybridized carbons (Fsp3) is 0.579. The molecule has 0 saturated heterocycles. The van der Waals surface area contributed by atoms with Crippen LogP contribution >= 0.6 is 18.9 Å². The summed E-state index contributed by atoms with van der Waals surface area (Å²) in [5.41, 5.74) is 1.61. The van der Waals surface area contributed by atoms with Gasteiger partial charge in [0.05, 0.1) is 13.2 Å². The van der Waals surface area contributed by atoms with Crippen LogP contribution in [0.15, 0.2) is 16.9 Å². The normalized spacial score (nSPS) is 11.2. The molecule has 2 aromatic heterocycles. The van der Waals surface area contributed by atoms with Gasteiger partial charge in [0.1, 0.15) is 5.82 Å². The Morgan fingerprint density at radius 2 is 1.73 bits per heavy atom. The lowest BCUT2D eigenvalue weighted by molar-refractivity contribution is 0.215. The van der Waals surface area contributed by atoms with Gasteiger partial charge in [-0.3, -0.25) is 18.8 Å². The molecule has 30 heavy (non-hydrogen) atoms. The minimum Gasteiger partial charge on any atom is -0.406 e. The van der Waals surface area contributed by atoms with E-state index in [1.165, 1.54) is 0 Å². The summed E-state index contributed by atoms with van der Waals surface area (Å²) >= 11 is 10.1. The maximum Gasteiger partial charge on any atom is 0.381 e. The summed E-state index contributed by atoms with van der Waals surface area (Å²) in [6.45, 7) is 9.83. The molecule has 0 aromatic carbocycles. The Labute approximate surface area is 188 Å². The van der Waals surface area contributed by atoms with Crippen LogP contribution in [0.3, 0.4) is 0 Å². The Bertz CT molecular complexity index is 924. The van der Waals surface area contributed by atoms with Gasteiger partial charge in [-0.05, 0) is 39.4 Å². The van der Waals surface area contributed by atoms with E-state index in [0.717, 1.165) is 30.1 Å². The van der Waals surface area contributed by atoms with Crippen LogP contribution in [-0.4, -0.2) is 33.1 Å². The third-order valence-corrected chi connectivity index (χ3v) is 6.10. The molecule has 11 heteroatoms. The van der Waals surface area contributed by atoms with Crippen LogP contribution in [0.5, 0.6) is 5.88 Å². The number of nitrogens with zero attached hydrogens (tertiary/aromatic N) is 2. The summed E-state index contributed by atoms with van der Waals surface area (Å²) in [6, 6.07) is 3.28. The largest absolute Gasteiger partial charge is 0.406 e. The van der Waals surface area contributed by atoms with Crippen LogP contribution in [0.1, 0.15) is 64.2 Å². The Kier molecular flexibility index (Phi) is 11.6. The summed E-state index contributed by atoms with van der Waals surface area (Å²) in [6.07, 6.45) is 1.88. The minimum absolute atomic E-state index is 0.128. The van der Waals surface area contributed by atoms with Crippen molar-refractivity contribution in [3.63, 3.8) is 0 Å². The molecule has 2 rings (SSSR count). The Hall–Kier alpha value is -1.45. The Morgan fingerprint density at radius 3 is 2.23 bits per heavy atom. The van der Waals surface area contributed by atoms with Gasteiger partial charge >= 0.3 is 6.72 Å². The van der Waals surface area contributed by atoms with Crippen LogP contribution in [0, 0.1) is 11.7 Å². The van der Waals surface area contributed by atoms with Gasteiger partial charge in [-0.2, -0.15) is 4.98 Å². The smallest absolute Gasteiger partial charge is 0.381 e. The second kappa shape index (κ2) is 13.1. The van der Waals surface area contributed by atoms with Crippen molar-refractivity contribution < 1.29 is 13.6 Å². The van der Waals surface area contributed by atoms with Crippen LogP contribution < -0.4 is 10.1 Å². The van der Waals surface area contributed by atoms with Gasteiger partial charge in [-0.1, -0.05) is 27.2 Å². The monoisotopic (exact) mass is 474 g/mol. The van der Waals surface area contributed by atoms with E-state index in [1.807, 2.05) is 34.6 Å². The van der Waals surface area contributed by atoms with Crippen LogP contribution in [0.25, 0.3) is 0 Å². The van der Waals surface area contributed by atoms with Crippen molar-refractivity contribution in [3.05, 3.63) is 44.5 Å². The van der Waals surface area contributed by atoms with Gasteiger partial charge in [-0.15, -0.1) is 0 Å². The molecule has 0 bridgehead atoms. The Balaban J connectivity index is 0.000000346. The first kappa shape index (κ1) is 26.6. The van der Waals surface area contributed by atoms with Crippen molar-refractivity contribution in [1.29, 1.82) is 0 Å². The molecule has 0 aliphatic rings. The number of hydrogen-bond acceptors (Lipinski definition) is 8. The fourth-order valence-electron chi connectivity index (χ4n) is 2.31.